The number of rotatable bonds is 4. The van der Waals surface area contributed by atoms with E-state index in [-0.39, 0.29) is 5.56 Å². The molecule has 4 unspecified atom stereocenters. The Morgan fingerprint density at radius 1 is 1.15 bits per heavy atom. The molecule has 2 aliphatic rings. The van der Waals surface area contributed by atoms with Crippen LogP contribution in [-0.2, 0) is 0 Å². The van der Waals surface area contributed by atoms with E-state index in [9.17, 15) is 13.2 Å². The Morgan fingerprint density at radius 3 is 2.35 bits per heavy atom. The summed E-state index contributed by atoms with van der Waals surface area (Å²) < 4.78 is 40.6. The van der Waals surface area contributed by atoms with Crippen LogP contribution in [-0.4, -0.2) is 0 Å². The first kappa shape index (κ1) is 13.9. The van der Waals surface area contributed by atoms with Crippen LogP contribution >= 0.6 is 0 Å². The number of halogens is 3. The molecule has 0 amide bonds. The van der Waals surface area contributed by atoms with E-state index < -0.39 is 23.5 Å². The summed E-state index contributed by atoms with van der Waals surface area (Å²) in [5.41, 5.74) is 2.36. The molecule has 2 nitrogen and oxygen atoms in total. The van der Waals surface area contributed by atoms with Crippen LogP contribution in [0.15, 0.2) is 12.1 Å². The third kappa shape index (κ3) is 2.44. The zero-order valence-electron chi connectivity index (χ0n) is 11.2. The van der Waals surface area contributed by atoms with Gasteiger partial charge in [-0.15, -0.1) is 0 Å². The molecule has 2 saturated carbocycles. The number of hydrogen-bond acceptors (Lipinski definition) is 2. The van der Waals surface area contributed by atoms with Crippen LogP contribution in [0.1, 0.15) is 43.7 Å². The molecule has 4 atom stereocenters. The molecule has 110 valence electrons. The van der Waals surface area contributed by atoms with E-state index in [2.05, 4.69) is 5.43 Å². The average molecular weight is 284 g/mol. The van der Waals surface area contributed by atoms with Crippen molar-refractivity contribution in [2.45, 2.75) is 38.1 Å². The molecule has 5 heteroatoms. The Balaban J connectivity index is 1.80. The largest absolute Gasteiger partial charge is 0.271 e. The van der Waals surface area contributed by atoms with Crippen LogP contribution in [0.4, 0.5) is 13.2 Å². The summed E-state index contributed by atoms with van der Waals surface area (Å²) in [6.07, 6.45) is 5.45. The highest BCUT2D eigenvalue weighted by molar-refractivity contribution is 5.24. The van der Waals surface area contributed by atoms with E-state index in [1.54, 1.807) is 0 Å². The van der Waals surface area contributed by atoms with Crippen LogP contribution in [0.25, 0.3) is 0 Å². The van der Waals surface area contributed by atoms with Crippen molar-refractivity contribution in [3.63, 3.8) is 0 Å². The zero-order chi connectivity index (χ0) is 14.3. The van der Waals surface area contributed by atoms with Gasteiger partial charge < -0.3 is 0 Å². The van der Waals surface area contributed by atoms with Crippen molar-refractivity contribution in [2.75, 3.05) is 0 Å². The topological polar surface area (TPSA) is 38.0 Å². The summed E-state index contributed by atoms with van der Waals surface area (Å²) in [6, 6.07) is 0.826. The van der Waals surface area contributed by atoms with Crippen molar-refractivity contribution >= 4 is 0 Å². The maximum Gasteiger partial charge on any atom is 0.133 e. The number of nitrogens with one attached hydrogen (secondary N) is 1. The van der Waals surface area contributed by atoms with Gasteiger partial charge in [0.15, 0.2) is 0 Å². The van der Waals surface area contributed by atoms with E-state index in [4.69, 9.17) is 5.84 Å². The summed E-state index contributed by atoms with van der Waals surface area (Å²) in [4.78, 5) is 0. The van der Waals surface area contributed by atoms with Crippen molar-refractivity contribution in [2.24, 2.45) is 23.6 Å². The van der Waals surface area contributed by atoms with E-state index >= 15 is 0 Å². The Morgan fingerprint density at radius 2 is 1.85 bits per heavy atom. The third-order valence-electron chi connectivity index (χ3n) is 5.02. The number of hydrogen-bond donors (Lipinski definition) is 2. The average Bonchev–Trinajstić information content (AvgIpc) is 2.98. The molecule has 0 radical (unpaired) electrons. The molecule has 1 aromatic carbocycles. The minimum atomic E-state index is -0.903. The lowest BCUT2D eigenvalue weighted by Crippen LogP contribution is -2.32. The standard InChI is InChI=1S/C15H19F3N2/c16-11-6-12(17)15(13(18)7-11)14(20-19)5-10-4-8-1-2-9(10)3-8/h6-10,14,20H,1-5,19H2. The quantitative estimate of drug-likeness (QED) is 0.656. The van der Waals surface area contributed by atoms with Crippen molar-refractivity contribution in [3.05, 3.63) is 35.1 Å². The first-order valence-electron chi connectivity index (χ1n) is 7.19. The molecule has 3 rings (SSSR count). The number of fused-ring (bicyclic) bond motifs is 2. The van der Waals surface area contributed by atoms with Gasteiger partial charge in [-0.25, -0.2) is 13.2 Å². The number of nitrogens with two attached hydrogens (primary N) is 1. The lowest BCUT2D eigenvalue weighted by Gasteiger charge is -2.27. The van der Waals surface area contributed by atoms with Crippen molar-refractivity contribution in [1.82, 2.24) is 5.43 Å². The van der Waals surface area contributed by atoms with Gasteiger partial charge in [0.25, 0.3) is 0 Å². The molecule has 20 heavy (non-hydrogen) atoms. The molecule has 2 bridgehead atoms. The van der Waals surface area contributed by atoms with Gasteiger partial charge in [0.2, 0.25) is 0 Å². The highest BCUT2D eigenvalue weighted by Gasteiger charge is 2.40. The van der Waals surface area contributed by atoms with Crippen LogP contribution in [0.5, 0.6) is 0 Å². The molecule has 1 aromatic rings. The molecule has 2 aliphatic carbocycles. The summed E-state index contributed by atoms with van der Waals surface area (Å²) in [7, 11) is 0. The molecular weight excluding hydrogens is 265 g/mol. The molecule has 3 N–H and O–H groups in total. The lowest BCUT2D eigenvalue weighted by atomic mass is 9.82. The van der Waals surface area contributed by atoms with Crippen molar-refractivity contribution < 1.29 is 13.2 Å². The Kier molecular flexibility index (Phi) is 3.73. The molecular formula is C15H19F3N2. The number of benzene rings is 1. The molecule has 0 aromatic heterocycles. The number of hydrazine groups is 1. The Bertz CT molecular complexity index is 483. The van der Waals surface area contributed by atoms with Crippen LogP contribution in [0.3, 0.4) is 0 Å². The second kappa shape index (κ2) is 5.37. The third-order valence-corrected chi connectivity index (χ3v) is 5.02. The highest BCUT2D eigenvalue weighted by atomic mass is 19.1. The van der Waals surface area contributed by atoms with E-state index in [0.29, 0.717) is 30.4 Å². The van der Waals surface area contributed by atoms with Gasteiger partial charge in [-0.3, -0.25) is 11.3 Å². The maximum absolute atomic E-state index is 13.8. The lowest BCUT2D eigenvalue weighted by molar-refractivity contribution is 0.274. The smallest absolute Gasteiger partial charge is 0.133 e. The normalized spacial score (nSPS) is 29.9. The first-order chi connectivity index (χ1) is 9.58. The van der Waals surface area contributed by atoms with Crippen LogP contribution < -0.4 is 11.3 Å². The first-order valence-corrected chi connectivity index (χ1v) is 7.19. The molecule has 0 aliphatic heterocycles. The fraction of sp³-hybridized carbons (Fsp3) is 0.600. The van der Waals surface area contributed by atoms with Gasteiger partial charge in [-0.1, -0.05) is 6.42 Å². The second-order valence-electron chi connectivity index (χ2n) is 6.17. The van der Waals surface area contributed by atoms with Crippen molar-refractivity contribution in [3.8, 4) is 0 Å². The van der Waals surface area contributed by atoms with Gasteiger partial charge >= 0.3 is 0 Å². The van der Waals surface area contributed by atoms with Crippen molar-refractivity contribution in [1.29, 1.82) is 0 Å². The molecule has 0 saturated heterocycles. The summed E-state index contributed by atoms with van der Waals surface area (Å²) in [6.45, 7) is 0. The molecule has 0 spiro atoms. The van der Waals surface area contributed by atoms with Gasteiger partial charge in [-0.2, -0.15) is 0 Å². The monoisotopic (exact) mass is 284 g/mol. The Labute approximate surface area is 116 Å². The highest BCUT2D eigenvalue weighted by Crippen LogP contribution is 2.51. The predicted molar refractivity (Wildman–Crippen MR) is 69.9 cm³/mol. The summed E-state index contributed by atoms with van der Waals surface area (Å²) >= 11 is 0. The fourth-order valence-corrected chi connectivity index (χ4v) is 4.12. The summed E-state index contributed by atoms with van der Waals surface area (Å²) in [5, 5.41) is 0. The summed E-state index contributed by atoms with van der Waals surface area (Å²) in [5.74, 6) is 4.72. The minimum absolute atomic E-state index is 0.142. The molecule has 0 heterocycles. The SMILES string of the molecule is NNC(CC1CC2CCC1C2)c1c(F)cc(F)cc1F. The van der Waals surface area contributed by atoms with E-state index in [1.807, 2.05) is 0 Å². The van der Waals surface area contributed by atoms with Gasteiger partial charge in [0.05, 0.1) is 6.04 Å². The Hall–Kier alpha value is -1.07. The van der Waals surface area contributed by atoms with Crippen LogP contribution in [0.2, 0.25) is 0 Å². The maximum atomic E-state index is 13.8. The molecule has 2 fully saturated rings. The van der Waals surface area contributed by atoms with Gasteiger partial charge in [0.1, 0.15) is 17.5 Å². The van der Waals surface area contributed by atoms with Gasteiger partial charge in [0, 0.05) is 17.7 Å². The fourth-order valence-electron chi connectivity index (χ4n) is 4.12. The zero-order valence-corrected chi connectivity index (χ0v) is 11.2. The van der Waals surface area contributed by atoms with Crippen LogP contribution in [0, 0.1) is 35.2 Å². The predicted octanol–water partition coefficient (Wildman–Crippen LogP) is 3.43. The van der Waals surface area contributed by atoms with E-state index in [0.717, 1.165) is 12.3 Å². The van der Waals surface area contributed by atoms with Gasteiger partial charge in [-0.05, 0) is 43.4 Å². The van der Waals surface area contributed by atoms with E-state index in [1.165, 1.54) is 19.3 Å². The second-order valence-corrected chi connectivity index (χ2v) is 6.17. The minimum Gasteiger partial charge on any atom is -0.271 e.